The van der Waals surface area contributed by atoms with E-state index in [1.54, 1.807) is 6.26 Å². The van der Waals surface area contributed by atoms with Crippen LogP contribution in [0.25, 0.3) is 0 Å². The predicted octanol–water partition coefficient (Wildman–Crippen LogP) is -0.349. The van der Waals surface area contributed by atoms with E-state index in [-0.39, 0.29) is 43.7 Å². The summed E-state index contributed by atoms with van der Waals surface area (Å²) < 4.78 is 5.07. The van der Waals surface area contributed by atoms with Crippen LogP contribution in [-0.4, -0.2) is 67.6 Å². The van der Waals surface area contributed by atoms with Gasteiger partial charge < -0.3 is 15.4 Å². The van der Waals surface area contributed by atoms with Gasteiger partial charge in [-0.2, -0.15) is 0 Å². The molecule has 9 heteroatoms. The van der Waals surface area contributed by atoms with Crippen LogP contribution in [-0.2, 0) is 23.9 Å². The molecule has 1 rings (SSSR count). The van der Waals surface area contributed by atoms with Gasteiger partial charge in [-0.1, -0.05) is 0 Å². The van der Waals surface area contributed by atoms with E-state index < -0.39 is 5.91 Å². The number of ether oxygens (including phenoxy) is 1. The summed E-state index contributed by atoms with van der Waals surface area (Å²) in [6, 6.07) is 0. The minimum Gasteiger partial charge on any atom is -0.381 e. The van der Waals surface area contributed by atoms with Gasteiger partial charge in [-0.15, -0.1) is 11.8 Å². The molecule has 0 saturated heterocycles. The molecule has 0 aromatic carbocycles. The average Bonchev–Trinajstić information content (AvgIpc) is 2.83. The Kier molecular flexibility index (Phi) is 9.10. The molecular formula is C15H23N3O5S. The molecule has 0 atom stereocenters. The molecule has 0 saturated carbocycles. The van der Waals surface area contributed by atoms with Crippen molar-refractivity contribution in [2.24, 2.45) is 0 Å². The van der Waals surface area contributed by atoms with Crippen LogP contribution in [0.15, 0.2) is 11.0 Å². The molecule has 0 unspecified atom stereocenters. The van der Waals surface area contributed by atoms with Crippen molar-refractivity contribution < 1.29 is 23.9 Å². The number of hydrogen-bond donors (Lipinski definition) is 2. The lowest BCUT2D eigenvalue weighted by Gasteiger charge is -2.14. The van der Waals surface area contributed by atoms with Crippen molar-refractivity contribution in [3.05, 3.63) is 11.0 Å². The van der Waals surface area contributed by atoms with Crippen LogP contribution in [0.3, 0.4) is 0 Å². The highest BCUT2D eigenvalue weighted by Gasteiger charge is 2.30. The highest BCUT2D eigenvalue weighted by Crippen LogP contribution is 2.21. The molecule has 0 fully saturated rings. The summed E-state index contributed by atoms with van der Waals surface area (Å²) in [5.74, 6) is -1.17. The van der Waals surface area contributed by atoms with Crippen LogP contribution in [0.4, 0.5) is 0 Å². The summed E-state index contributed by atoms with van der Waals surface area (Å²) >= 11 is 1.21. The van der Waals surface area contributed by atoms with Gasteiger partial charge in [0.05, 0.1) is 11.5 Å². The Labute approximate surface area is 145 Å². The van der Waals surface area contributed by atoms with E-state index in [2.05, 4.69) is 10.6 Å². The number of nitrogens with one attached hydrogen (secondary N) is 2. The Balaban J connectivity index is 2.14. The Morgan fingerprint density at radius 2 is 1.79 bits per heavy atom. The molecule has 1 aliphatic heterocycles. The van der Waals surface area contributed by atoms with Gasteiger partial charge in [-0.3, -0.25) is 24.1 Å². The van der Waals surface area contributed by atoms with Crippen molar-refractivity contribution >= 4 is 35.4 Å². The van der Waals surface area contributed by atoms with E-state index in [1.165, 1.54) is 17.8 Å². The summed E-state index contributed by atoms with van der Waals surface area (Å²) in [4.78, 5) is 48.0. The maximum absolute atomic E-state index is 11.8. The Morgan fingerprint density at radius 1 is 1.17 bits per heavy atom. The monoisotopic (exact) mass is 357 g/mol. The van der Waals surface area contributed by atoms with Gasteiger partial charge >= 0.3 is 0 Å². The average molecular weight is 357 g/mol. The predicted molar refractivity (Wildman–Crippen MR) is 90.1 cm³/mol. The van der Waals surface area contributed by atoms with E-state index >= 15 is 0 Å². The lowest BCUT2D eigenvalue weighted by Crippen LogP contribution is -2.38. The van der Waals surface area contributed by atoms with Crippen molar-refractivity contribution in [3.8, 4) is 0 Å². The first kappa shape index (κ1) is 20.2. The second-order valence-corrected chi connectivity index (χ2v) is 5.75. The molecule has 2 N–H and O–H groups in total. The Morgan fingerprint density at radius 3 is 2.33 bits per heavy atom. The van der Waals surface area contributed by atoms with Crippen molar-refractivity contribution in [3.63, 3.8) is 0 Å². The second kappa shape index (κ2) is 10.8. The van der Waals surface area contributed by atoms with E-state index in [1.807, 2.05) is 6.92 Å². The highest BCUT2D eigenvalue weighted by atomic mass is 32.2. The van der Waals surface area contributed by atoms with E-state index in [0.29, 0.717) is 24.7 Å². The Bertz CT molecular complexity index is 521. The van der Waals surface area contributed by atoms with E-state index in [9.17, 15) is 19.2 Å². The number of rotatable bonds is 11. The van der Waals surface area contributed by atoms with Gasteiger partial charge in [0.15, 0.2) is 0 Å². The van der Waals surface area contributed by atoms with E-state index in [4.69, 9.17) is 4.74 Å². The fourth-order valence-corrected chi connectivity index (χ4v) is 2.45. The SMILES string of the molecule is CCOCCC(=O)NCCNC(=O)CCN1C(=O)C=C(SC)C1=O. The highest BCUT2D eigenvalue weighted by molar-refractivity contribution is 8.03. The number of carbonyl (C=O) groups is 4. The van der Waals surface area contributed by atoms with Gasteiger partial charge in [0.25, 0.3) is 11.8 Å². The fourth-order valence-electron chi connectivity index (χ4n) is 1.95. The number of thioether (sulfide) groups is 1. The maximum atomic E-state index is 11.8. The van der Waals surface area contributed by atoms with Gasteiger partial charge in [0.2, 0.25) is 11.8 Å². The first-order valence-electron chi connectivity index (χ1n) is 7.72. The molecule has 0 aromatic heterocycles. The molecule has 0 bridgehead atoms. The molecule has 4 amide bonds. The number of hydrogen-bond acceptors (Lipinski definition) is 6. The van der Waals surface area contributed by atoms with Crippen molar-refractivity contribution in [1.29, 1.82) is 0 Å². The zero-order valence-corrected chi connectivity index (χ0v) is 14.7. The molecular weight excluding hydrogens is 334 g/mol. The summed E-state index contributed by atoms with van der Waals surface area (Å²) in [5.41, 5.74) is 0. The third-order valence-corrected chi connectivity index (χ3v) is 3.94. The number of amides is 4. The normalized spacial score (nSPS) is 13.9. The molecule has 134 valence electrons. The molecule has 0 aliphatic carbocycles. The number of nitrogens with zero attached hydrogens (tertiary/aromatic N) is 1. The maximum Gasteiger partial charge on any atom is 0.267 e. The minimum atomic E-state index is -0.390. The van der Waals surface area contributed by atoms with Crippen molar-refractivity contribution in [1.82, 2.24) is 15.5 Å². The summed E-state index contributed by atoms with van der Waals surface area (Å²) in [7, 11) is 0. The molecule has 0 spiro atoms. The molecule has 1 aliphatic rings. The molecule has 0 aromatic rings. The zero-order chi connectivity index (χ0) is 17.9. The summed E-state index contributed by atoms with van der Waals surface area (Å²) in [6.07, 6.45) is 3.32. The van der Waals surface area contributed by atoms with Gasteiger partial charge in [-0.25, -0.2) is 0 Å². The molecule has 8 nitrogen and oxygen atoms in total. The minimum absolute atomic E-state index is 0.0330. The van der Waals surface area contributed by atoms with Crippen LogP contribution >= 0.6 is 11.8 Å². The topological polar surface area (TPSA) is 105 Å². The van der Waals surface area contributed by atoms with Crippen molar-refractivity contribution in [2.75, 3.05) is 39.1 Å². The molecule has 1 heterocycles. The van der Waals surface area contributed by atoms with E-state index in [0.717, 1.165) is 4.90 Å². The number of carbonyl (C=O) groups excluding carboxylic acids is 4. The first-order chi connectivity index (χ1) is 11.5. The lowest BCUT2D eigenvalue weighted by atomic mass is 10.3. The molecule has 0 radical (unpaired) electrons. The van der Waals surface area contributed by atoms with Crippen LogP contribution in [0.1, 0.15) is 19.8 Å². The van der Waals surface area contributed by atoms with Crippen LogP contribution in [0, 0.1) is 0 Å². The quantitative estimate of drug-likeness (QED) is 0.387. The third kappa shape index (κ3) is 6.71. The summed E-state index contributed by atoms with van der Waals surface area (Å²) in [6.45, 7) is 3.45. The van der Waals surface area contributed by atoms with Gasteiger partial charge in [0, 0.05) is 45.2 Å². The van der Waals surface area contributed by atoms with Gasteiger partial charge in [0.1, 0.15) is 0 Å². The van der Waals surface area contributed by atoms with Crippen molar-refractivity contribution in [2.45, 2.75) is 19.8 Å². The van der Waals surface area contributed by atoms with Crippen LogP contribution in [0.2, 0.25) is 0 Å². The summed E-state index contributed by atoms with van der Waals surface area (Å²) in [5, 5.41) is 5.29. The first-order valence-corrected chi connectivity index (χ1v) is 8.94. The smallest absolute Gasteiger partial charge is 0.267 e. The Hall–Kier alpha value is -1.87. The second-order valence-electron chi connectivity index (χ2n) is 4.90. The lowest BCUT2D eigenvalue weighted by molar-refractivity contribution is -0.137. The standard InChI is InChI=1S/C15H23N3O5S/c1-3-23-9-5-13(20)17-7-6-16-12(19)4-8-18-14(21)10-11(24-2)15(18)22/h10H,3-9H2,1-2H3,(H,16,19)(H,17,20). The van der Waals surface area contributed by atoms with Crippen LogP contribution in [0.5, 0.6) is 0 Å². The zero-order valence-electron chi connectivity index (χ0n) is 13.9. The molecule has 24 heavy (non-hydrogen) atoms. The fraction of sp³-hybridized carbons (Fsp3) is 0.600. The third-order valence-electron chi connectivity index (χ3n) is 3.21. The largest absolute Gasteiger partial charge is 0.381 e. The number of imide groups is 1. The van der Waals surface area contributed by atoms with Crippen LogP contribution < -0.4 is 10.6 Å². The van der Waals surface area contributed by atoms with Gasteiger partial charge in [-0.05, 0) is 13.2 Å².